The van der Waals surface area contributed by atoms with Crippen molar-refractivity contribution in [3.05, 3.63) is 88.7 Å². The molecule has 226 valence electrons. The molecule has 2 atom stereocenters. The highest BCUT2D eigenvalue weighted by Gasteiger charge is 2.38. The van der Waals surface area contributed by atoms with Gasteiger partial charge < -0.3 is 15.0 Å². The van der Waals surface area contributed by atoms with E-state index in [9.17, 15) is 31.9 Å². The molecular weight excluding hydrogens is 590 g/mol. The van der Waals surface area contributed by atoms with Gasteiger partial charge in [-0.3, -0.25) is 19.7 Å². The summed E-state index contributed by atoms with van der Waals surface area (Å²) < 4.78 is 58.7. The van der Waals surface area contributed by atoms with Crippen LogP contribution in [-0.2, 0) is 20.9 Å². The first-order valence-electron chi connectivity index (χ1n) is 13.7. The number of amides is 3. The van der Waals surface area contributed by atoms with E-state index in [2.05, 4.69) is 15.4 Å². The smallest absolute Gasteiger partial charge is 0.405 e. The molecule has 2 fully saturated rings. The van der Waals surface area contributed by atoms with Crippen LogP contribution in [0.25, 0.3) is 11.1 Å². The molecule has 2 saturated heterocycles. The van der Waals surface area contributed by atoms with Crippen LogP contribution in [-0.4, -0.2) is 48.1 Å². The van der Waals surface area contributed by atoms with Gasteiger partial charge in [-0.15, -0.1) is 13.2 Å². The average Bonchev–Trinajstić information content (AvgIpc) is 2.95. The minimum atomic E-state index is -4.93. The first-order chi connectivity index (χ1) is 20.5. The van der Waals surface area contributed by atoms with E-state index in [4.69, 9.17) is 11.6 Å². The molecule has 0 bridgehead atoms. The first kappa shape index (κ1) is 30.5. The fraction of sp³-hybridized carbons (Fsp3) is 0.323. The molecule has 0 saturated carbocycles. The summed E-state index contributed by atoms with van der Waals surface area (Å²) in [6.45, 7) is 0.580. The summed E-state index contributed by atoms with van der Waals surface area (Å²) in [5.74, 6) is -3.25. The van der Waals surface area contributed by atoms with Crippen LogP contribution in [0.5, 0.6) is 5.75 Å². The number of nitrogens with zero attached hydrogens (tertiary/aromatic N) is 1. The minimum absolute atomic E-state index is 0.0340. The molecular formula is C31H28ClF4N3O4. The van der Waals surface area contributed by atoms with Gasteiger partial charge in [-0.1, -0.05) is 48.0 Å². The Kier molecular flexibility index (Phi) is 9.03. The Balaban J connectivity index is 1.38. The van der Waals surface area contributed by atoms with Crippen molar-refractivity contribution in [3.8, 4) is 16.9 Å². The van der Waals surface area contributed by atoms with Crippen molar-refractivity contribution in [2.24, 2.45) is 5.92 Å². The highest BCUT2D eigenvalue weighted by atomic mass is 35.5. The Morgan fingerprint density at radius 3 is 2.42 bits per heavy atom. The van der Waals surface area contributed by atoms with E-state index >= 15 is 0 Å². The van der Waals surface area contributed by atoms with Crippen LogP contribution in [0, 0.1) is 11.7 Å². The van der Waals surface area contributed by atoms with Gasteiger partial charge in [-0.05, 0) is 47.9 Å². The maximum Gasteiger partial charge on any atom is 0.573 e. The number of ether oxygens (including phenoxy) is 1. The molecule has 5 rings (SSSR count). The van der Waals surface area contributed by atoms with Crippen molar-refractivity contribution in [2.45, 2.75) is 44.1 Å². The lowest BCUT2D eigenvalue weighted by Crippen LogP contribution is -2.52. The summed E-state index contributed by atoms with van der Waals surface area (Å²) in [5, 5.41) is 5.75. The number of halogens is 5. The van der Waals surface area contributed by atoms with E-state index in [1.54, 1.807) is 4.90 Å². The maximum atomic E-state index is 14.7. The lowest BCUT2D eigenvalue weighted by molar-refractivity contribution is -0.274. The van der Waals surface area contributed by atoms with Crippen LogP contribution in [0.15, 0.2) is 66.7 Å². The second kappa shape index (κ2) is 12.7. The molecule has 0 unspecified atom stereocenters. The van der Waals surface area contributed by atoms with Crippen molar-refractivity contribution >= 4 is 29.3 Å². The zero-order valence-electron chi connectivity index (χ0n) is 22.8. The Hall–Kier alpha value is -3.96. The lowest BCUT2D eigenvalue weighted by atomic mass is 9.84. The molecule has 2 aliphatic rings. The summed E-state index contributed by atoms with van der Waals surface area (Å²) in [5.41, 5.74) is 1.61. The number of imide groups is 1. The normalized spacial score (nSPS) is 19.7. The van der Waals surface area contributed by atoms with Gasteiger partial charge >= 0.3 is 6.36 Å². The summed E-state index contributed by atoms with van der Waals surface area (Å²) in [4.78, 5) is 38.7. The highest BCUT2D eigenvalue weighted by Crippen LogP contribution is 2.34. The zero-order valence-corrected chi connectivity index (χ0v) is 23.6. The Bertz CT molecular complexity index is 1500. The monoisotopic (exact) mass is 617 g/mol. The number of likely N-dealkylation sites (tertiary alicyclic amines) is 1. The summed E-state index contributed by atoms with van der Waals surface area (Å²) >= 11 is 5.87. The fourth-order valence-electron chi connectivity index (χ4n) is 5.72. The molecule has 0 aliphatic carbocycles. The van der Waals surface area contributed by atoms with Crippen LogP contribution in [0.2, 0.25) is 5.02 Å². The number of rotatable bonds is 7. The van der Waals surface area contributed by atoms with Gasteiger partial charge in [0, 0.05) is 60.6 Å². The quantitative estimate of drug-likeness (QED) is 0.267. The maximum absolute atomic E-state index is 14.7. The van der Waals surface area contributed by atoms with Gasteiger partial charge in [0.25, 0.3) is 0 Å². The van der Waals surface area contributed by atoms with Crippen LogP contribution >= 0.6 is 11.6 Å². The van der Waals surface area contributed by atoms with E-state index in [1.807, 2.05) is 30.3 Å². The van der Waals surface area contributed by atoms with Gasteiger partial charge in [-0.2, -0.15) is 0 Å². The van der Waals surface area contributed by atoms with E-state index in [0.717, 1.165) is 17.7 Å². The summed E-state index contributed by atoms with van der Waals surface area (Å²) in [6, 6.07) is 17.2. The third-order valence-electron chi connectivity index (χ3n) is 7.73. The number of alkyl halides is 3. The first-order valence-corrected chi connectivity index (χ1v) is 14.1. The van der Waals surface area contributed by atoms with Crippen LogP contribution in [0.4, 0.5) is 17.6 Å². The highest BCUT2D eigenvalue weighted by molar-refractivity contribution is 6.30. The van der Waals surface area contributed by atoms with E-state index < -0.39 is 35.7 Å². The largest absolute Gasteiger partial charge is 0.573 e. The van der Waals surface area contributed by atoms with E-state index in [1.165, 1.54) is 24.3 Å². The number of benzene rings is 3. The number of piperidine rings is 2. The predicted octanol–water partition coefficient (Wildman–Crippen LogP) is 5.57. The second-order valence-corrected chi connectivity index (χ2v) is 11.1. The molecule has 0 aromatic heterocycles. The van der Waals surface area contributed by atoms with Gasteiger partial charge in [-0.25, -0.2) is 4.39 Å². The fourth-order valence-corrected chi connectivity index (χ4v) is 5.88. The van der Waals surface area contributed by atoms with Crippen molar-refractivity contribution in [1.29, 1.82) is 0 Å². The van der Waals surface area contributed by atoms with Gasteiger partial charge in [0.05, 0.1) is 5.92 Å². The standard InChI is InChI=1S/C31H28ClF4N3O4/c32-22-7-8-23(25(33)15-22)19-6-9-27(43-31(34,35)36)21(12-19)16-37-26-10-11-39(17-24(26)18-4-2-1-3-5-18)30(42)20-13-28(40)38-29(41)14-20/h1-9,12,15,20,24,26,37H,10-11,13-14,16-17H2,(H,38,40,41)/t24-,26-/m0/s1. The molecule has 2 N–H and O–H groups in total. The topological polar surface area (TPSA) is 87.7 Å². The molecule has 2 heterocycles. The molecule has 2 aliphatic heterocycles. The molecule has 3 aromatic rings. The molecule has 7 nitrogen and oxygen atoms in total. The SMILES string of the molecule is O=C1CC(C(=O)N2CC[C@H](NCc3cc(-c4ccc(Cl)cc4F)ccc3OC(F)(F)F)[C@H](c3ccccc3)C2)CC(=O)N1. The number of hydrogen-bond acceptors (Lipinski definition) is 5. The van der Waals surface area contributed by atoms with Crippen LogP contribution in [0.1, 0.15) is 36.3 Å². The van der Waals surface area contributed by atoms with E-state index in [0.29, 0.717) is 18.5 Å². The number of carbonyl (C=O) groups excluding carboxylic acids is 3. The summed E-state index contributed by atoms with van der Waals surface area (Å²) in [6.07, 6.45) is -4.60. The Morgan fingerprint density at radius 1 is 1.02 bits per heavy atom. The van der Waals surface area contributed by atoms with E-state index in [-0.39, 0.29) is 59.9 Å². The molecule has 0 radical (unpaired) electrons. The Labute approximate surface area is 250 Å². The van der Waals surface area contributed by atoms with Crippen LogP contribution in [0.3, 0.4) is 0 Å². The van der Waals surface area contributed by atoms with Gasteiger partial charge in [0.2, 0.25) is 17.7 Å². The lowest BCUT2D eigenvalue weighted by Gasteiger charge is -2.41. The van der Waals surface area contributed by atoms with Crippen molar-refractivity contribution in [1.82, 2.24) is 15.5 Å². The predicted molar refractivity (Wildman–Crippen MR) is 150 cm³/mol. The number of nitrogens with one attached hydrogen (secondary N) is 2. The minimum Gasteiger partial charge on any atom is -0.405 e. The molecule has 3 amide bonds. The number of carbonyl (C=O) groups is 3. The van der Waals surface area contributed by atoms with Gasteiger partial charge in [0.15, 0.2) is 0 Å². The molecule has 43 heavy (non-hydrogen) atoms. The van der Waals surface area contributed by atoms with Crippen molar-refractivity contribution < 1.29 is 36.7 Å². The second-order valence-electron chi connectivity index (χ2n) is 10.6. The van der Waals surface area contributed by atoms with Crippen LogP contribution < -0.4 is 15.4 Å². The summed E-state index contributed by atoms with van der Waals surface area (Å²) in [7, 11) is 0. The number of hydrogen-bond donors (Lipinski definition) is 2. The third kappa shape index (κ3) is 7.52. The zero-order chi connectivity index (χ0) is 30.7. The molecule has 0 spiro atoms. The Morgan fingerprint density at radius 2 is 1.74 bits per heavy atom. The average molecular weight is 618 g/mol. The third-order valence-corrected chi connectivity index (χ3v) is 7.96. The molecule has 3 aromatic carbocycles. The van der Waals surface area contributed by atoms with Gasteiger partial charge in [0.1, 0.15) is 11.6 Å². The molecule has 12 heteroatoms. The van der Waals surface area contributed by atoms with Crippen molar-refractivity contribution in [2.75, 3.05) is 13.1 Å². The van der Waals surface area contributed by atoms with Crippen molar-refractivity contribution in [3.63, 3.8) is 0 Å².